The number of thioether (sulfide) groups is 1. The molecule has 0 bridgehead atoms. The third-order valence-electron chi connectivity index (χ3n) is 2.69. The number of hydrogen-bond donors (Lipinski definition) is 0. The lowest BCUT2D eigenvalue weighted by atomic mass is 10.2. The Morgan fingerprint density at radius 1 is 1.14 bits per heavy atom. The van der Waals surface area contributed by atoms with E-state index in [-0.39, 0.29) is 23.7 Å². The number of imide groups is 1. The Bertz CT molecular complexity index is 413. The zero-order chi connectivity index (χ0) is 16.4. The van der Waals surface area contributed by atoms with Crippen LogP contribution in [0.5, 0.6) is 0 Å². The lowest BCUT2D eigenvalue weighted by molar-refractivity contribution is -0.197. The van der Waals surface area contributed by atoms with Gasteiger partial charge < -0.3 is 9.02 Å². The number of carbonyl (C=O) groups is 4. The summed E-state index contributed by atoms with van der Waals surface area (Å²) < 4.78 is 4.83. The van der Waals surface area contributed by atoms with Crippen molar-refractivity contribution in [2.75, 3.05) is 12.4 Å². The molecule has 22 heavy (non-hydrogen) atoms. The maximum absolute atomic E-state index is 11.5. The third-order valence-corrected chi connectivity index (χ3v) is 4.46. The first-order valence-corrected chi connectivity index (χ1v) is 8.80. The van der Waals surface area contributed by atoms with Crippen molar-refractivity contribution in [3.63, 3.8) is 0 Å². The molecular formula is C13H19NO6S2. The minimum Gasteiger partial charge on any atom is -0.330 e. The molecule has 9 heteroatoms. The molecule has 1 fully saturated rings. The van der Waals surface area contributed by atoms with Crippen LogP contribution in [-0.2, 0) is 23.4 Å². The summed E-state index contributed by atoms with van der Waals surface area (Å²) in [5.74, 6) is -0.865. The maximum atomic E-state index is 11.5. The van der Waals surface area contributed by atoms with E-state index < -0.39 is 17.8 Å². The van der Waals surface area contributed by atoms with Crippen molar-refractivity contribution in [3.8, 4) is 0 Å². The van der Waals surface area contributed by atoms with Gasteiger partial charge in [-0.1, -0.05) is 18.2 Å². The number of hydrogen-bond acceptors (Lipinski definition) is 8. The molecule has 0 radical (unpaired) electrons. The van der Waals surface area contributed by atoms with Crippen molar-refractivity contribution in [2.24, 2.45) is 0 Å². The second kappa shape index (κ2) is 10.6. The van der Waals surface area contributed by atoms with E-state index in [1.54, 1.807) is 0 Å². The molecule has 124 valence electrons. The van der Waals surface area contributed by atoms with Gasteiger partial charge in [0.1, 0.15) is 0 Å². The highest BCUT2D eigenvalue weighted by atomic mass is 32.2. The van der Waals surface area contributed by atoms with Crippen LogP contribution >= 0.6 is 23.8 Å². The number of carbonyl (C=O) groups excluding carboxylic acids is 4. The van der Waals surface area contributed by atoms with Crippen molar-refractivity contribution >= 4 is 46.0 Å². The van der Waals surface area contributed by atoms with Crippen molar-refractivity contribution in [1.82, 2.24) is 5.06 Å². The van der Waals surface area contributed by atoms with Gasteiger partial charge in [-0.05, 0) is 19.8 Å². The molecule has 0 unspecified atom stereocenters. The van der Waals surface area contributed by atoms with E-state index in [1.807, 2.05) is 6.92 Å². The summed E-state index contributed by atoms with van der Waals surface area (Å²) in [7, 11) is 0. The molecule has 0 N–H and O–H groups in total. The molecule has 0 aromatic rings. The van der Waals surface area contributed by atoms with Gasteiger partial charge in [0, 0.05) is 25.0 Å². The topological polar surface area (TPSA) is 90.0 Å². The van der Waals surface area contributed by atoms with Crippen LogP contribution in [0.1, 0.15) is 45.4 Å². The van der Waals surface area contributed by atoms with Crippen LogP contribution in [0, 0.1) is 0 Å². The minimum absolute atomic E-state index is 0.0766. The zero-order valence-corrected chi connectivity index (χ0v) is 14.0. The number of hydroxylamine groups is 2. The molecule has 0 aliphatic carbocycles. The second-order valence-corrected chi connectivity index (χ2v) is 6.54. The predicted molar refractivity (Wildman–Crippen MR) is 82.7 cm³/mol. The van der Waals surface area contributed by atoms with Crippen molar-refractivity contribution in [2.45, 2.75) is 45.4 Å². The highest BCUT2D eigenvalue weighted by molar-refractivity contribution is 8.36. The highest BCUT2D eigenvalue weighted by Crippen LogP contribution is 2.19. The van der Waals surface area contributed by atoms with Gasteiger partial charge in [0.2, 0.25) is 0 Å². The van der Waals surface area contributed by atoms with E-state index in [9.17, 15) is 19.2 Å². The third kappa shape index (κ3) is 7.28. The molecule has 1 saturated heterocycles. The van der Waals surface area contributed by atoms with E-state index >= 15 is 0 Å². The second-order valence-electron chi connectivity index (χ2n) is 4.44. The Balaban J connectivity index is 2.02. The van der Waals surface area contributed by atoms with Gasteiger partial charge in [0.15, 0.2) is 0 Å². The fourth-order valence-electron chi connectivity index (χ4n) is 1.64. The van der Waals surface area contributed by atoms with E-state index in [4.69, 9.17) is 9.02 Å². The molecule has 1 aliphatic rings. The quantitative estimate of drug-likeness (QED) is 0.356. The molecule has 1 aliphatic heterocycles. The summed E-state index contributed by atoms with van der Waals surface area (Å²) in [6, 6.07) is 0. The number of amides is 2. The minimum atomic E-state index is -0.584. The van der Waals surface area contributed by atoms with Gasteiger partial charge in [-0.25, -0.2) is 4.79 Å². The van der Waals surface area contributed by atoms with Crippen LogP contribution < -0.4 is 0 Å². The highest BCUT2D eigenvalue weighted by Gasteiger charge is 2.32. The number of nitrogens with zero attached hydrogens (tertiary/aromatic N) is 1. The first-order valence-electron chi connectivity index (χ1n) is 7.07. The first-order chi connectivity index (χ1) is 10.5. The molecular weight excluding hydrogens is 330 g/mol. The summed E-state index contributed by atoms with van der Waals surface area (Å²) in [6.07, 6.45) is 2.47. The van der Waals surface area contributed by atoms with Gasteiger partial charge in [-0.2, -0.15) is 0 Å². The van der Waals surface area contributed by atoms with Crippen LogP contribution in [-0.4, -0.2) is 39.7 Å². The molecule has 0 saturated carbocycles. The van der Waals surface area contributed by atoms with E-state index in [0.717, 1.165) is 24.9 Å². The fourth-order valence-corrected chi connectivity index (χ4v) is 2.96. The van der Waals surface area contributed by atoms with Crippen molar-refractivity contribution in [1.29, 1.82) is 0 Å². The predicted octanol–water partition coefficient (Wildman–Crippen LogP) is 2.69. The van der Waals surface area contributed by atoms with Crippen LogP contribution in [0.3, 0.4) is 0 Å². The molecule has 0 atom stereocenters. The molecule has 0 aromatic carbocycles. The van der Waals surface area contributed by atoms with Gasteiger partial charge in [-0.15, -0.1) is 5.06 Å². The molecule has 2 amide bonds. The molecule has 0 spiro atoms. The average molecular weight is 349 g/mol. The number of rotatable bonds is 9. The van der Waals surface area contributed by atoms with E-state index in [2.05, 4.69) is 0 Å². The zero-order valence-electron chi connectivity index (χ0n) is 12.4. The van der Waals surface area contributed by atoms with Crippen LogP contribution in [0.15, 0.2) is 0 Å². The van der Waals surface area contributed by atoms with Crippen LogP contribution in [0.2, 0.25) is 0 Å². The van der Waals surface area contributed by atoms with Crippen molar-refractivity contribution in [3.05, 3.63) is 0 Å². The lowest BCUT2D eigenvalue weighted by Crippen LogP contribution is -2.31. The summed E-state index contributed by atoms with van der Waals surface area (Å²) in [5.41, 5.74) is 0. The number of unbranched alkanes of at least 4 members (excludes halogenated alkanes) is 2. The Morgan fingerprint density at radius 3 is 2.45 bits per heavy atom. The standard InChI is InChI=1S/C13H19NO6S2/c1-2-19-22-13(18)21-9-5-3-4-6-12(17)20-14-10(15)7-8-11(14)16/h2-9H2,1H3. The average Bonchev–Trinajstić information content (AvgIpc) is 2.80. The summed E-state index contributed by atoms with van der Waals surface area (Å²) in [6.45, 7) is 2.30. The molecule has 1 rings (SSSR count). The molecule has 1 heterocycles. The summed E-state index contributed by atoms with van der Waals surface area (Å²) in [4.78, 5) is 50.0. The van der Waals surface area contributed by atoms with Crippen LogP contribution in [0.4, 0.5) is 4.79 Å². The van der Waals surface area contributed by atoms with Gasteiger partial charge in [0.05, 0.1) is 18.6 Å². The normalized spacial score (nSPS) is 14.5. The van der Waals surface area contributed by atoms with Crippen molar-refractivity contribution < 1.29 is 28.2 Å². The monoisotopic (exact) mass is 349 g/mol. The fraction of sp³-hybridized carbons (Fsp3) is 0.692. The SMILES string of the molecule is CCOSC(=O)SCCCCCC(=O)ON1C(=O)CCC1=O. The largest absolute Gasteiger partial charge is 0.333 e. The first kappa shape index (κ1) is 19.0. The summed E-state index contributed by atoms with van der Waals surface area (Å²) in [5, 5.41) is 0.557. The van der Waals surface area contributed by atoms with Gasteiger partial charge in [0.25, 0.3) is 16.3 Å². The molecule has 7 nitrogen and oxygen atoms in total. The Kier molecular flexibility index (Phi) is 9.17. The van der Waals surface area contributed by atoms with Crippen LogP contribution in [0.25, 0.3) is 0 Å². The Labute approximate surface area is 137 Å². The summed E-state index contributed by atoms with van der Waals surface area (Å²) >= 11 is 2.03. The van der Waals surface area contributed by atoms with E-state index in [1.165, 1.54) is 11.8 Å². The Morgan fingerprint density at radius 2 is 1.82 bits per heavy atom. The molecule has 0 aromatic heterocycles. The Hall–Kier alpha value is -1.06. The lowest BCUT2D eigenvalue weighted by Gasteiger charge is -2.12. The van der Waals surface area contributed by atoms with Gasteiger partial charge >= 0.3 is 5.97 Å². The maximum Gasteiger partial charge on any atom is 0.333 e. The smallest absolute Gasteiger partial charge is 0.330 e. The van der Waals surface area contributed by atoms with Gasteiger partial charge in [-0.3, -0.25) is 14.4 Å². The van der Waals surface area contributed by atoms with E-state index in [0.29, 0.717) is 23.8 Å².